The van der Waals surface area contributed by atoms with E-state index >= 15 is 0 Å². The molecule has 0 N–H and O–H groups in total. The molecule has 0 amide bonds. The zero-order valence-electron chi connectivity index (χ0n) is 11.9. The van der Waals surface area contributed by atoms with E-state index in [9.17, 15) is 8.42 Å². The van der Waals surface area contributed by atoms with Gasteiger partial charge in [-0.25, -0.2) is 17.4 Å². The Bertz CT molecular complexity index is 947. The van der Waals surface area contributed by atoms with Crippen LogP contribution in [0.5, 0.6) is 5.75 Å². The van der Waals surface area contributed by atoms with Crippen LogP contribution in [0, 0.1) is 10.5 Å². The predicted octanol–water partition coefficient (Wildman–Crippen LogP) is 3.19. The standard InChI is InChI=1S/C15H13IN2O3S/c1-10-3-5-11(6-4-10)22(19,20)18-9-12(16)14-13(21-2)7-8-17-15(14)18/h3-9H,1-2H3. The van der Waals surface area contributed by atoms with Crippen molar-refractivity contribution in [3.8, 4) is 5.75 Å². The summed E-state index contributed by atoms with van der Waals surface area (Å²) in [6.07, 6.45) is 3.11. The van der Waals surface area contributed by atoms with E-state index in [1.54, 1.807) is 49.8 Å². The number of fused-ring (bicyclic) bond motifs is 1. The SMILES string of the molecule is COc1ccnc2c1c(I)cn2S(=O)(=O)c1ccc(C)cc1. The minimum atomic E-state index is -3.69. The first-order valence-electron chi connectivity index (χ1n) is 6.47. The van der Waals surface area contributed by atoms with Gasteiger partial charge in [-0.1, -0.05) is 17.7 Å². The van der Waals surface area contributed by atoms with Crippen molar-refractivity contribution in [3.63, 3.8) is 0 Å². The van der Waals surface area contributed by atoms with Crippen molar-refractivity contribution in [2.75, 3.05) is 7.11 Å². The minimum Gasteiger partial charge on any atom is -0.496 e. The Labute approximate surface area is 142 Å². The zero-order valence-corrected chi connectivity index (χ0v) is 14.9. The van der Waals surface area contributed by atoms with Crippen LogP contribution in [0.1, 0.15) is 5.56 Å². The summed E-state index contributed by atoms with van der Waals surface area (Å²) in [6, 6.07) is 8.47. The lowest BCUT2D eigenvalue weighted by Gasteiger charge is -2.07. The van der Waals surface area contributed by atoms with Crippen LogP contribution >= 0.6 is 22.6 Å². The molecule has 2 heterocycles. The molecule has 1 aromatic carbocycles. The number of aryl methyl sites for hydroxylation is 1. The van der Waals surface area contributed by atoms with Gasteiger partial charge in [-0.3, -0.25) is 0 Å². The van der Waals surface area contributed by atoms with E-state index in [0.29, 0.717) is 16.8 Å². The molecule has 0 saturated carbocycles. The Balaban J connectivity index is 2.28. The van der Waals surface area contributed by atoms with Crippen molar-refractivity contribution in [3.05, 3.63) is 51.9 Å². The Hall–Kier alpha value is -1.61. The molecule has 114 valence electrons. The van der Waals surface area contributed by atoms with E-state index in [4.69, 9.17) is 4.74 Å². The number of benzene rings is 1. The second kappa shape index (κ2) is 5.54. The lowest BCUT2D eigenvalue weighted by atomic mass is 10.2. The number of aromatic nitrogens is 2. The van der Waals surface area contributed by atoms with Crippen LogP contribution < -0.4 is 4.74 Å². The molecule has 22 heavy (non-hydrogen) atoms. The van der Waals surface area contributed by atoms with Crippen LogP contribution in [0.2, 0.25) is 0 Å². The maximum atomic E-state index is 12.9. The fourth-order valence-electron chi connectivity index (χ4n) is 2.23. The van der Waals surface area contributed by atoms with E-state index in [2.05, 4.69) is 27.6 Å². The molecular weight excluding hydrogens is 415 g/mol. The highest BCUT2D eigenvalue weighted by molar-refractivity contribution is 14.1. The molecule has 0 aliphatic carbocycles. The third-order valence-electron chi connectivity index (χ3n) is 3.37. The van der Waals surface area contributed by atoms with Crippen molar-refractivity contribution < 1.29 is 13.2 Å². The maximum absolute atomic E-state index is 12.9. The van der Waals surface area contributed by atoms with Gasteiger partial charge in [-0.05, 0) is 47.7 Å². The molecule has 0 saturated heterocycles. The summed E-state index contributed by atoms with van der Waals surface area (Å²) in [6.45, 7) is 1.91. The Kier molecular flexibility index (Phi) is 3.85. The van der Waals surface area contributed by atoms with Crippen molar-refractivity contribution in [2.45, 2.75) is 11.8 Å². The molecule has 0 aliphatic rings. The molecule has 7 heteroatoms. The van der Waals surface area contributed by atoms with Gasteiger partial charge in [0.15, 0.2) is 5.65 Å². The van der Waals surface area contributed by atoms with E-state index in [0.717, 1.165) is 9.13 Å². The average molecular weight is 428 g/mol. The highest BCUT2D eigenvalue weighted by Crippen LogP contribution is 2.32. The summed E-state index contributed by atoms with van der Waals surface area (Å²) in [4.78, 5) is 4.45. The van der Waals surface area contributed by atoms with E-state index in [1.807, 2.05) is 6.92 Å². The summed E-state index contributed by atoms with van der Waals surface area (Å²) in [5.41, 5.74) is 1.37. The van der Waals surface area contributed by atoms with Gasteiger partial charge in [0.1, 0.15) is 5.75 Å². The van der Waals surface area contributed by atoms with Crippen LogP contribution in [0.4, 0.5) is 0 Å². The maximum Gasteiger partial charge on any atom is 0.269 e. The zero-order chi connectivity index (χ0) is 15.9. The van der Waals surface area contributed by atoms with Gasteiger partial charge in [-0.15, -0.1) is 0 Å². The molecule has 0 fully saturated rings. The number of halogens is 1. The van der Waals surface area contributed by atoms with Gasteiger partial charge in [0.2, 0.25) is 0 Å². The normalized spacial score (nSPS) is 11.8. The predicted molar refractivity (Wildman–Crippen MR) is 92.8 cm³/mol. The van der Waals surface area contributed by atoms with Gasteiger partial charge in [0.05, 0.1) is 17.4 Å². The number of hydrogen-bond donors (Lipinski definition) is 0. The van der Waals surface area contributed by atoms with Gasteiger partial charge >= 0.3 is 0 Å². The summed E-state index contributed by atoms with van der Waals surface area (Å²) >= 11 is 2.09. The topological polar surface area (TPSA) is 61.2 Å². The fourth-order valence-corrected chi connectivity index (χ4v) is 4.52. The van der Waals surface area contributed by atoms with Crippen LogP contribution in [0.25, 0.3) is 11.0 Å². The third-order valence-corrected chi connectivity index (χ3v) is 5.85. The molecule has 5 nitrogen and oxygen atoms in total. The summed E-state index contributed by atoms with van der Waals surface area (Å²) in [5, 5.41) is 0.696. The first-order valence-corrected chi connectivity index (χ1v) is 8.99. The summed E-state index contributed by atoms with van der Waals surface area (Å²) in [5.74, 6) is 0.604. The molecule has 2 aromatic heterocycles. The highest BCUT2D eigenvalue weighted by atomic mass is 127. The lowest BCUT2D eigenvalue weighted by Crippen LogP contribution is -2.12. The summed E-state index contributed by atoms with van der Waals surface area (Å²) in [7, 11) is -2.14. The average Bonchev–Trinajstić information content (AvgIpc) is 2.86. The number of nitrogens with zero attached hydrogens (tertiary/aromatic N) is 2. The highest BCUT2D eigenvalue weighted by Gasteiger charge is 2.23. The van der Waals surface area contributed by atoms with Gasteiger partial charge < -0.3 is 4.74 Å². The Morgan fingerprint density at radius 3 is 2.50 bits per heavy atom. The lowest BCUT2D eigenvalue weighted by molar-refractivity contribution is 0.419. The molecule has 0 unspecified atom stereocenters. The third kappa shape index (κ3) is 2.38. The van der Waals surface area contributed by atoms with Gasteiger partial charge in [0, 0.05) is 16.0 Å². The molecule has 0 radical (unpaired) electrons. The van der Waals surface area contributed by atoms with Crippen molar-refractivity contribution in [2.24, 2.45) is 0 Å². The summed E-state index contributed by atoms with van der Waals surface area (Å²) < 4.78 is 33.0. The first-order chi connectivity index (χ1) is 10.4. The molecule has 0 spiro atoms. The second-order valence-corrected chi connectivity index (χ2v) is 7.78. The molecule has 3 rings (SSSR count). The van der Waals surface area contributed by atoms with Gasteiger partial charge in [0.25, 0.3) is 10.0 Å². The number of methoxy groups -OCH3 is 1. The monoisotopic (exact) mass is 428 g/mol. The molecular formula is C15H13IN2O3S. The number of rotatable bonds is 3. The van der Waals surface area contributed by atoms with Crippen LogP contribution in [0.15, 0.2) is 47.6 Å². The fraction of sp³-hybridized carbons (Fsp3) is 0.133. The van der Waals surface area contributed by atoms with E-state index in [1.165, 1.54) is 3.97 Å². The molecule has 0 aliphatic heterocycles. The largest absolute Gasteiger partial charge is 0.496 e. The first kappa shape index (κ1) is 15.3. The second-order valence-electron chi connectivity index (χ2n) is 4.80. The quantitative estimate of drug-likeness (QED) is 0.602. The van der Waals surface area contributed by atoms with Crippen molar-refractivity contribution in [1.29, 1.82) is 0 Å². The van der Waals surface area contributed by atoms with Crippen molar-refractivity contribution >= 4 is 43.6 Å². The molecule has 3 aromatic rings. The number of ether oxygens (including phenoxy) is 1. The van der Waals surface area contributed by atoms with Crippen LogP contribution in [-0.4, -0.2) is 24.5 Å². The van der Waals surface area contributed by atoms with E-state index < -0.39 is 10.0 Å². The van der Waals surface area contributed by atoms with E-state index in [-0.39, 0.29) is 4.90 Å². The minimum absolute atomic E-state index is 0.232. The smallest absolute Gasteiger partial charge is 0.269 e. The van der Waals surface area contributed by atoms with Crippen LogP contribution in [0.3, 0.4) is 0 Å². The number of hydrogen-bond acceptors (Lipinski definition) is 4. The number of pyridine rings is 1. The molecule has 0 bridgehead atoms. The Morgan fingerprint density at radius 2 is 1.86 bits per heavy atom. The van der Waals surface area contributed by atoms with Crippen LogP contribution in [-0.2, 0) is 10.0 Å². The van der Waals surface area contributed by atoms with Gasteiger partial charge in [-0.2, -0.15) is 0 Å². The molecule has 0 atom stereocenters. The Morgan fingerprint density at radius 1 is 1.18 bits per heavy atom. The van der Waals surface area contributed by atoms with Crippen molar-refractivity contribution in [1.82, 2.24) is 8.96 Å².